The minimum absolute atomic E-state index is 0.0188. The number of pyridine rings is 1. The third kappa shape index (κ3) is 3.13. The Morgan fingerprint density at radius 3 is 2.64 bits per heavy atom. The van der Waals surface area contributed by atoms with E-state index in [0.717, 1.165) is 9.15 Å². The molecule has 0 aliphatic rings. The van der Waals surface area contributed by atoms with Crippen LogP contribution in [0.25, 0.3) is 0 Å². The fraction of sp³-hybridized carbons (Fsp3) is 0.133. The number of aryl methyl sites for hydroxylation is 2. The number of rotatable bonds is 2. The van der Waals surface area contributed by atoms with E-state index in [0.29, 0.717) is 21.3 Å². The first-order valence-corrected chi connectivity index (χ1v) is 7.79. The van der Waals surface area contributed by atoms with Gasteiger partial charge in [0.2, 0.25) is 0 Å². The van der Waals surface area contributed by atoms with Gasteiger partial charge >= 0.3 is 0 Å². The van der Waals surface area contributed by atoms with E-state index in [1.807, 2.05) is 6.07 Å². The van der Waals surface area contributed by atoms with Crippen LogP contribution in [0.5, 0.6) is 5.75 Å². The lowest BCUT2D eigenvalue weighted by Gasteiger charge is -2.07. The second-order valence-electron chi connectivity index (χ2n) is 4.64. The Morgan fingerprint density at radius 1 is 1.32 bits per heavy atom. The zero-order valence-electron chi connectivity index (χ0n) is 11.8. The highest BCUT2D eigenvalue weighted by Crippen LogP contribution is 2.30. The summed E-state index contributed by atoms with van der Waals surface area (Å²) < 4.78 is 2.40. The van der Waals surface area contributed by atoms with E-state index in [1.54, 1.807) is 32.0 Å². The fourth-order valence-electron chi connectivity index (χ4n) is 1.97. The zero-order valence-corrected chi connectivity index (χ0v) is 14.9. The average Bonchev–Trinajstić information content (AvgIpc) is 2.43. The monoisotopic (exact) mass is 423 g/mol. The number of nitriles is 1. The van der Waals surface area contributed by atoms with Gasteiger partial charge < -0.3 is 5.11 Å². The lowest BCUT2D eigenvalue weighted by molar-refractivity contribution is 0.471. The van der Waals surface area contributed by atoms with E-state index in [1.165, 1.54) is 6.21 Å². The summed E-state index contributed by atoms with van der Waals surface area (Å²) in [6.07, 6.45) is 1.37. The van der Waals surface area contributed by atoms with Gasteiger partial charge in [0.05, 0.1) is 10.7 Å². The first-order chi connectivity index (χ1) is 10.3. The first kappa shape index (κ1) is 16.5. The largest absolute Gasteiger partial charge is 0.506 e. The molecule has 0 amide bonds. The third-order valence-corrected chi connectivity index (χ3v) is 4.10. The molecule has 112 valence electrons. The van der Waals surface area contributed by atoms with Crippen molar-refractivity contribution in [2.75, 3.05) is 0 Å². The van der Waals surface area contributed by atoms with Crippen LogP contribution in [0.2, 0.25) is 0 Å². The molecule has 2 rings (SSSR count). The van der Waals surface area contributed by atoms with Gasteiger partial charge in [-0.2, -0.15) is 10.4 Å². The first-order valence-electron chi connectivity index (χ1n) is 6.21. The molecule has 0 saturated carbocycles. The highest BCUT2D eigenvalue weighted by atomic mass is 79.9. The SMILES string of the molecule is Cc1cc(C)n(/N=C/c2cc(Br)cc(Br)c2O)c(=O)c1C#N. The summed E-state index contributed by atoms with van der Waals surface area (Å²) in [6.45, 7) is 3.43. The maximum absolute atomic E-state index is 12.2. The average molecular weight is 425 g/mol. The Morgan fingerprint density at radius 2 is 2.00 bits per heavy atom. The summed E-state index contributed by atoms with van der Waals surface area (Å²) in [5.41, 5.74) is 1.23. The number of aromatic nitrogens is 1. The molecular weight excluding hydrogens is 414 g/mol. The minimum Gasteiger partial charge on any atom is -0.506 e. The molecule has 0 aliphatic carbocycles. The van der Waals surface area contributed by atoms with Gasteiger partial charge in [0, 0.05) is 15.7 Å². The van der Waals surface area contributed by atoms with Crippen LogP contribution in [-0.4, -0.2) is 16.0 Å². The molecule has 0 radical (unpaired) electrons. The fourth-order valence-corrected chi connectivity index (χ4v) is 3.22. The van der Waals surface area contributed by atoms with Crippen LogP contribution in [0.1, 0.15) is 22.4 Å². The third-order valence-electron chi connectivity index (χ3n) is 3.04. The molecule has 2 aromatic rings. The number of hydrogen-bond donors (Lipinski definition) is 1. The van der Waals surface area contributed by atoms with Gasteiger partial charge in [-0.25, -0.2) is 4.68 Å². The number of phenols is 1. The number of hydrogen-bond acceptors (Lipinski definition) is 4. The van der Waals surface area contributed by atoms with E-state index in [-0.39, 0.29) is 11.3 Å². The van der Waals surface area contributed by atoms with E-state index in [2.05, 4.69) is 37.0 Å². The second kappa shape index (κ2) is 6.46. The molecule has 0 aliphatic heterocycles. The predicted molar refractivity (Wildman–Crippen MR) is 91.4 cm³/mol. The Bertz CT molecular complexity index is 880. The van der Waals surface area contributed by atoms with Crippen molar-refractivity contribution in [1.82, 2.24) is 4.68 Å². The maximum atomic E-state index is 12.2. The van der Waals surface area contributed by atoms with Gasteiger partial charge in [0.25, 0.3) is 5.56 Å². The van der Waals surface area contributed by atoms with E-state index >= 15 is 0 Å². The molecular formula is C15H11Br2N3O2. The molecule has 0 unspecified atom stereocenters. The number of phenolic OH excluding ortho intramolecular Hbond substituents is 1. The van der Waals surface area contributed by atoms with Crippen LogP contribution in [0.15, 0.2) is 37.0 Å². The van der Waals surface area contributed by atoms with Crippen molar-refractivity contribution in [1.29, 1.82) is 5.26 Å². The summed E-state index contributed by atoms with van der Waals surface area (Å²) in [5, 5.41) is 23.1. The van der Waals surface area contributed by atoms with Crippen LogP contribution in [-0.2, 0) is 0 Å². The van der Waals surface area contributed by atoms with Crippen molar-refractivity contribution >= 4 is 38.1 Å². The van der Waals surface area contributed by atoms with Crippen molar-refractivity contribution in [3.05, 3.63) is 59.9 Å². The van der Waals surface area contributed by atoms with Crippen LogP contribution in [0, 0.1) is 25.2 Å². The Labute approximate surface area is 143 Å². The van der Waals surface area contributed by atoms with Gasteiger partial charge in [0.1, 0.15) is 17.4 Å². The van der Waals surface area contributed by atoms with Crippen molar-refractivity contribution < 1.29 is 5.11 Å². The molecule has 22 heavy (non-hydrogen) atoms. The van der Waals surface area contributed by atoms with Crippen molar-refractivity contribution in [3.8, 4) is 11.8 Å². The summed E-state index contributed by atoms with van der Waals surface area (Å²) >= 11 is 6.55. The molecule has 5 nitrogen and oxygen atoms in total. The lowest BCUT2D eigenvalue weighted by Crippen LogP contribution is -2.22. The molecule has 0 atom stereocenters. The van der Waals surface area contributed by atoms with Crippen molar-refractivity contribution in [3.63, 3.8) is 0 Å². The molecule has 1 aromatic carbocycles. The van der Waals surface area contributed by atoms with E-state index < -0.39 is 5.56 Å². The standard InChI is InChI=1S/C15H11Br2N3O2/c1-8-3-9(2)20(15(22)12(8)6-18)19-7-10-4-11(16)5-13(17)14(10)21/h3-5,7,21H,1-2H3/b19-7+. The summed E-state index contributed by atoms with van der Waals surface area (Å²) in [6, 6.07) is 6.97. The van der Waals surface area contributed by atoms with Gasteiger partial charge in [-0.1, -0.05) is 15.9 Å². The zero-order chi connectivity index (χ0) is 16.4. The summed E-state index contributed by atoms with van der Waals surface area (Å²) in [5.74, 6) is 0.0188. The van der Waals surface area contributed by atoms with Gasteiger partial charge in [-0.15, -0.1) is 0 Å². The topological polar surface area (TPSA) is 78.4 Å². The molecule has 0 spiro atoms. The van der Waals surface area contributed by atoms with Gasteiger partial charge in [-0.3, -0.25) is 4.79 Å². The number of nitrogens with zero attached hydrogens (tertiary/aromatic N) is 3. The molecule has 0 fully saturated rings. The summed E-state index contributed by atoms with van der Waals surface area (Å²) in [4.78, 5) is 12.2. The molecule has 7 heteroatoms. The Kier molecular flexibility index (Phi) is 4.84. The van der Waals surface area contributed by atoms with Gasteiger partial charge in [0.15, 0.2) is 0 Å². The van der Waals surface area contributed by atoms with E-state index in [4.69, 9.17) is 5.26 Å². The summed E-state index contributed by atoms with van der Waals surface area (Å²) in [7, 11) is 0. The Hall–Kier alpha value is -1.91. The van der Waals surface area contributed by atoms with Gasteiger partial charge in [-0.05, 0) is 53.5 Å². The van der Waals surface area contributed by atoms with Crippen LogP contribution >= 0.6 is 31.9 Å². The molecule has 1 N–H and O–H groups in total. The van der Waals surface area contributed by atoms with Crippen LogP contribution < -0.4 is 5.56 Å². The highest BCUT2D eigenvalue weighted by molar-refractivity contribution is 9.11. The smallest absolute Gasteiger partial charge is 0.289 e. The van der Waals surface area contributed by atoms with Crippen molar-refractivity contribution in [2.24, 2.45) is 5.10 Å². The molecule has 0 saturated heterocycles. The lowest BCUT2D eigenvalue weighted by atomic mass is 10.1. The quantitative estimate of drug-likeness (QED) is 0.750. The van der Waals surface area contributed by atoms with E-state index in [9.17, 15) is 9.90 Å². The van der Waals surface area contributed by atoms with Crippen LogP contribution in [0.4, 0.5) is 0 Å². The molecule has 1 heterocycles. The number of halogens is 2. The maximum Gasteiger partial charge on any atom is 0.289 e. The Balaban J connectivity index is 2.58. The molecule has 1 aromatic heterocycles. The normalized spacial score (nSPS) is 10.9. The molecule has 0 bridgehead atoms. The number of benzene rings is 1. The second-order valence-corrected chi connectivity index (χ2v) is 6.41. The minimum atomic E-state index is -0.482. The predicted octanol–water partition coefficient (Wildman–Crippen LogP) is 3.45. The van der Waals surface area contributed by atoms with Crippen molar-refractivity contribution in [2.45, 2.75) is 13.8 Å². The highest BCUT2D eigenvalue weighted by Gasteiger charge is 2.10. The number of aromatic hydroxyl groups is 1. The van der Waals surface area contributed by atoms with Crippen LogP contribution in [0.3, 0.4) is 0 Å².